The summed E-state index contributed by atoms with van der Waals surface area (Å²) in [4.78, 5) is 31.6. The fraction of sp³-hybridized carbons (Fsp3) is 0.857. The van der Waals surface area contributed by atoms with Crippen molar-refractivity contribution in [3.63, 3.8) is 0 Å². The summed E-state index contributed by atoms with van der Waals surface area (Å²) in [6.45, 7) is 3.76. The Kier molecular flexibility index (Phi) is 4.22. The summed E-state index contributed by atoms with van der Waals surface area (Å²) in [7, 11) is 0. The average Bonchev–Trinajstić information content (AvgIpc) is 3.18. The Labute approximate surface area is 160 Å². The minimum Gasteiger partial charge on any atom is -0.342 e. The van der Waals surface area contributed by atoms with Gasteiger partial charge in [0.05, 0.1) is 5.04 Å². The maximum Gasteiger partial charge on any atom is 0.263 e. The Morgan fingerprint density at radius 1 is 1.15 bits per heavy atom. The molecule has 2 aliphatic heterocycles. The standard InChI is InChI=1S/C21H30N2O2S/c1-21(17-6-8-23(9-7-17)19(24)14-4-5-14)20(25)22-18(26-21)12-16-11-13-2-3-15(16)10-13/h13-17H,2-12H2,1H3/t13-,15+,16-,21?/m1/s1. The van der Waals surface area contributed by atoms with Crippen LogP contribution in [0, 0.1) is 29.6 Å². The van der Waals surface area contributed by atoms with E-state index in [0.29, 0.717) is 17.7 Å². The van der Waals surface area contributed by atoms with E-state index in [0.717, 1.165) is 68.0 Å². The molecule has 5 rings (SSSR count). The first-order chi connectivity index (χ1) is 12.5. The van der Waals surface area contributed by atoms with Crippen LogP contribution in [0.15, 0.2) is 4.99 Å². The number of rotatable bonds is 4. The number of amides is 2. The van der Waals surface area contributed by atoms with Gasteiger partial charge in [-0.2, -0.15) is 0 Å². The molecule has 4 atom stereocenters. The van der Waals surface area contributed by atoms with E-state index in [1.807, 2.05) is 4.90 Å². The molecule has 1 saturated heterocycles. The molecule has 142 valence electrons. The fourth-order valence-corrected chi connectivity index (χ4v) is 7.42. The predicted molar refractivity (Wildman–Crippen MR) is 104 cm³/mol. The van der Waals surface area contributed by atoms with E-state index in [-0.39, 0.29) is 10.7 Å². The summed E-state index contributed by atoms with van der Waals surface area (Å²) in [6.07, 6.45) is 10.7. The quantitative estimate of drug-likeness (QED) is 0.750. The lowest BCUT2D eigenvalue weighted by molar-refractivity contribution is -0.134. The predicted octanol–water partition coefficient (Wildman–Crippen LogP) is 3.89. The molecular weight excluding hydrogens is 344 g/mol. The highest BCUT2D eigenvalue weighted by molar-refractivity contribution is 8.16. The molecular formula is C21H30N2O2S. The van der Waals surface area contributed by atoms with E-state index < -0.39 is 0 Å². The largest absolute Gasteiger partial charge is 0.342 e. The Bertz CT molecular complexity index is 650. The Hall–Kier alpha value is -0.840. The molecule has 0 spiro atoms. The molecule has 26 heavy (non-hydrogen) atoms. The van der Waals surface area contributed by atoms with Crippen LogP contribution in [0.25, 0.3) is 0 Å². The van der Waals surface area contributed by atoms with E-state index in [9.17, 15) is 9.59 Å². The second kappa shape index (κ2) is 6.35. The molecule has 2 bridgehead atoms. The number of carbonyl (C=O) groups excluding carboxylic acids is 2. The van der Waals surface area contributed by atoms with Crippen molar-refractivity contribution in [2.75, 3.05) is 13.1 Å². The van der Waals surface area contributed by atoms with Gasteiger partial charge >= 0.3 is 0 Å². The zero-order chi connectivity index (χ0) is 17.9. The van der Waals surface area contributed by atoms with Crippen molar-refractivity contribution < 1.29 is 9.59 Å². The zero-order valence-corrected chi connectivity index (χ0v) is 16.6. The number of carbonyl (C=O) groups is 2. The number of hydrogen-bond donors (Lipinski definition) is 0. The van der Waals surface area contributed by atoms with Crippen molar-refractivity contribution >= 4 is 28.6 Å². The smallest absolute Gasteiger partial charge is 0.263 e. The lowest BCUT2D eigenvalue weighted by Gasteiger charge is -2.38. The molecule has 0 aromatic carbocycles. The molecule has 0 radical (unpaired) electrons. The number of hydrogen-bond acceptors (Lipinski definition) is 3. The Balaban J connectivity index is 1.19. The summed E-state index contributed by atoms with van der Waals surface area (Å²) in [5.41, 5.74) is 0. The van der Waals surface area contributed by atoms with Gasteiger partial charge in [0, 0.05) is 19.0 Å². The molecule has 2 amide bonds. The van der Waals surface area contributed by atoms with Gasteiger partial charge in [-0.05, 0) is 82.0 Å². The molecule has 1 unspecified atom stereocenters. The van der Waals surface area contributed by atoms with E-state index in [4.69, 9.17) is 0 Å². The average molecular weight is 375 g/mol. The molecule has 3 aliphatic carbocycles. The number of aliphatic imine (C=N–C) groups is 1. The van der Waals surface area contributed by atoms with Crippen LogP contribution >= 0.6 is 11.8 Å². The van der Waals surface area contributed by atoms with Gasteiger partial charge in [0.25, 0.3) is 5.91 Å². The van der Waals surface area contributed by atoms with Gasteiger partial charge in [-0.25, -0.2) is 4.99 Å². The molecule has 4 nitrogen and oxygen atoms in total. The molecule has 2 heterocycles. The highest BCUT2D eigenvalue weighted by atomic mass is 32.2. The molecule has 4 fully saturated rings. The summed E-state index contributed by atoms with van der Waals surface area (Å²) in [5.74, 6) is 3.72. The van der Waals surface area contributed by atoms with Gasteiger partial charge in [-0.1, -0.05) is 18.2 Å². The summed E-state index contributed by atoms with van der Waals surface area (Å²) >= 11 is 1.77. The van der Waals surface area contributed by atoms with Gasteiger partial charge in [-0.3, -0.25) is 9.59 Å². The van der Waals surface area contributed by atoms with Crippen LogP contribution in [0.2, 0.25) is 0 Å². The maximum absolute atomic E-state index is 12.8. The molecule has 0 aromatic rings. The minimum atomic E-state index is -0.387. The van der Waals surface area contributed by atoms with Crippen LogP contribution < -0.4 is 0 Å². The fourth-order valence-electron chi connectivity index (χ4n) is 5.97. The molecule has 0 N–H and O–H groups in total. The van der Waals surface area contributed by atoms with Gasteiger partial charge in [-0.15, -0.1) is 0 Å². The van der Waals surface area contributed by atoms with Crippen molar-refractivity contribution in [3.8, 4) is 0 Å². The van der Waals surface area contributed by atoms with Gasteiger partial charge in [0.2, 0.25) is 5.91 Å². The third-order valence-electron chi connectivity index (χ3n) is 7.81. The second-order valence-electron chi connectivity index (χ2n) is 9.53. The summed E-state index contributed by atoms with van der Waals surface area (Å²) < 4.78 is -0.387. The molecule has 3 saturated carbocycles. The minimum absolute atomic E-state index is 0.0904. The van der Waals surface area contributed by atoms with Crippen LogP contribution in [0.3, 0.4) is 0 Å². The van der Waals surface area contributed by atoms with Crippen LogP contribution in [-0.2, 0) is 9.59 Å². The first kappa shape index (κ1) is 17.3. The SMILES string of the molecule is CC1(C2CCN(C(=O)C3CC3)CC2)SC(C[C@H]2C[C@@H]3CC[C@H]2C3)=NC1=O. The highest BCUT2D eigenvalue weighted by Crippen LogP contribution is 2.52. The topological polar surface area (TPSA) is 49.7 Å². The third-order valence-corrected chi connectivity index (χ3v) is 9.24. The van der Waals surface area contributed by atoms with E-state index >= 15 is 0 Å². The normalized spacial score (nSPS) is 40.3. The van der Waals surface area contributed by atoms with E-state index in [1.54, 1.807) is 11.8 Å². The van der Waals surface area contributed by atoms with Crippen molar-refractivity contribution in [2.45, 2.75) is 69.5 Å². The number of piperidine rings is 1. The summed E-state index contributed by atoms with van der Waals surface area (Å²) in [6, 6.07) is 0. The van der Waals surface area contributed by atoms with Crippen molar-refractivity contribution in [3.05, 3.63) is 0 Å². The van der Waals surface area contributed by atoms with Crippen LogP contribution in [0.5, 0.6) is 0 Å². The Morgan fingerprint density at radius 3 is 2.54 bits per heavy atom. The maximum atomic E-state index is 12.8. The van der Waals surface area contributed by atoms with E-state index in [1.165, 1.54) is 25.7 Å². The van der Waals surface area contributed by atoms with Gasteiger partial charge < -0.3 is 4.90 Å². The molecule has 5 heteroatoms. The number of thioether (sulfide) groups is 1. The molecule has 0 aromatic heterocycles. The van der Waals surface area contributed by atoms with Crippen LogP contribution in [0.1, 0.15) is 64.7 Å². The van der Waals surface area contributed by atoms with Gasteiger partial charge in [0.1, 0.15) is 4.75 Å². The number of nitrogens with zero attached hydrogens (tertiary/aromatic N) is 2. The highest BCUT2D eigenvalue weighted by Gasteiger charge is 2.50. The molecule has 5 aliphatic rings. The summed E-state index contributed by atoms with van der Waals surface area (Å²) in [5, 5.41) is 1.10. The van der Waals surface area contributed by atoms with Crippen LogP contribution in [0.4, 0.5) is 0 Å². The lowest BCUT2D eigenvalue weighted by atomic mass is 9.84. The zero-order valence-electron chi connectivity index (χ0n) is 15.8. The van der Waals surface area contributed by atoms with Gasteiger partial charge in [0.15, 0.2) is 0 Å². The second-order valence-corrected chi connectivity index (χ2v) is 11.1. The first-order valence-corrected chi connectivity index (χ1v) is 11.4. The van der Waals surface area contributed by atoms with Crippen molar-refractivity contribution in [1.82, 2.24) is 4.90 Å². The first-order valence-electron chi connectivity index (χ1n) is 10.6. The van der Waals surface area contributed by atoms with Crippen molar-refractivity contribution in [2.24, 2.45) is 34.6 Å². The third kappa shape index (κ3) is 2.94. The number of likely N-dealkylation sites (tertiary alicyclic amines) is 1. The van der Waals surface area contributed by atoms with E-state index in [2.05, 4.69) is 11.9 Å². The monoisotopic (exact) mass is 374 g/mol. The van der Waals surface area contributed by atoms with Crippen LogP contribution in [-0.4, -0.2) is 39.6 Å². The van der Waals surface area contributed by atoms with Crippen molar-refractivity contribution in [1.29, 1.82) is 0 Å². The lowest BCUT2D eigenvalue weighted by Crippen LogP contribution is -2.46. The Morgan fingerprint density at radius 2 is 1.92 bits per heavy atom. The number of fused-ring (bicyclic) bond motifs is 2.